The van der Waals surface area contributed by atoms with Crippen molar-refractivity contribution in [2.24, 2.45) is 5.41 Å². The van der Waals surface area contributed by atoms with E-state index in [2.05, 4.69) is 0 Å². The molecule has 1 saturated carbocycles. The molecule has 8 heteroatoms. The average Bonchev–Trinajstić information content (AvgIpc) is 3.53. The SMILES string of the molecule is COc1ccc(-c2ccc3c(c2)COC3=O)c(OCC2(C(=O)OC(C)(C)C#N)CC2)c1OC. The maximum absolute atomic E-state index is 12.8. The van der Waals surface area contributed by atoms with Crippen molar-refractivity contribution < 1.29 is 33.3 Å². The third kappa shape index (κ3) is 4.19. The number of nitriles is 1. The Bertz CT molecular complexity index is 1160. The van der Waals surface area contributed by atoms with Gasteiger partial charge in [-0.3, -0.25) is 4.79 Å². The molecule has 0 unspecified atom stereocenters. The number of rotatable bonds is 8. The van der Waals surface area contributed by atoms with Gasteiger partial charge in [0, 0.05) is 11.1 Å². The second kappa shape index (κ2) is 8.32. The lowest BCUT2D eigenvalue weighted by Gasteiger charge is -2.23. The van der Waals surface area contributed by atoms with Crippen LogP contribution in [0.25, 0.3) is 11.1 Å². The Morgan fingerprint density at radius 1 is 1.12 bits per heavy atom. The van der Waals surface area contributed by atoms with E-state index in [4.69, 9.17) is 23.7 Å². The van der Waals surface area contributed by atoms with Gasteiger partial charge in [-0.2, -0.15) is 5.26 Å². The first kappa shape index (κ1) is 22.5. The van der Waals surface area contributed by atoms with Crippen molar-refractivity contribution in [2.75, 3.05) is 20.8 Å². The van der Waals surface area contributed by atoms with Crippen molar-refractivity contribution in [3.05, 3.63) is 41.5 Å². The molecule has 0 bridgehead atoms. The number of hydrogen-bond donors (Lipinski definition) is 0. The molecule has 2 aromatic carbocycles. The summed E-state index contributed by atoms with van der Waals surface area (Å²) in [7, 11) is 3.05. The molecule has 0 spiro atoms. The maximum atomic E-state index is 12.8. The number of fused-ring (bicyclic) bond motifs is 1. The minimum absolute atomic E-state index is 0.0659. The summed E-state index contributed by atoms with van der Waals surface area (Å²) in [5.41, 5.74) is 0.839. The molecule has 0 atom stereocenters. The molecule has 8 nitrogen and oxygen atoms in total. The molecule has 172 valence electrons. The number of carbonyl (C=O) groups excluding carboxylic acids is 2. The van der Waals surface area contributed by atoms with E-state index in [9.17, 15) is 14.9 Å². The Morgan fingerprint density at radius 3 is 2.48 bits per heavy atom. The third-order valence-corrected chi connectivity index (χ3v) is 5.89. The molecule has 33 heavy (non-hydrogen) atoms. The summed E-state index contributed by atoms with van der Waals surface area (Å²) in [6.45, 7) is 3.38. The van der Waals surface area contributed by atoms with Crippen LogP contribution >= 0.6 is 0 Å². The molecular formula is C25H25NO7. The minimum atomic E-state index is -1.21. The minimum Gasteiger partial charge on any atom is -0.493 e. The Morgan fingerprint density at radius 2 is 1.85 bits per heavy atom. The van der Waals surface area contributed by atoms with Gasteiger partial charge in [-0.1, -0.05) is 6.07 Å². The molecule has 4 rings (SSSR count). The van der Waals surface area contributed by atoms with Crippen LogP contribution in [0, 0.1) is 16.7 Å². The van der Waals surface area contributed by atoms with Crippen LogP contribution in [0.15, 0.2) is 30.3 Å². The average molecular weight is 451 g/mol. The van der Waals surface area contributed by atoms with E-state index in [1.165, 1.54) is 14.2 Å². The van der Waals surface area contributed by atoms with Gasteiger partial charge in [-0.15, -0.1) is 0 Å². The normalized spacial score (nSPS) is 15.7. The number of esters is 2. The lowest BCUT2D eigenvalue weighted by Crippen LogP contribution is -2.34. The summed E-state index contributed by atoms with van der Waals surface area (Å²) in [6.07, 6.45) is 1.21. The largest absolute Gasteiger partial charge is 0.493 e. The molecule has 0 aromatic heterocycles. The van der Waals surface area contributed by atoms with Crippen LogP contribution < -0.4 is 14.2 Å². The Labute approximate surface area is 192 Å². The smallest absolute Gasteiger partial charge is 0.338 e. The van der Waals surface area contributed by atoms with Gasteiger partial charge in [0.15, 0.2) is 17.1 Å². The summed E-state index contributed by atoms with van der Waals surface area (Å²) >= 11 is 0. The van der Waals surface area contributed by atoms with Crippen molar-refractivity contribution >= 4 is 11.9 Å². The highest BCUT2D eigenvalue weighted by atomic mass is 16.6. The zero-order valence-electron chi connectivity index (χ0n) is 19.0. The van der Waals surface area contributed by atoms with Crippen LogP contribution in [0.5, 0.6) is 17.2 Å². The molecule has 0 N–H and O–H groups in total. The lowest BCUT2D eigenvalue weighted by molar-refractivity contribution is -0.160. The van der Waals surface area contributed by atoms with Crippen LogP contribution in [-0.4, -0.2) is 38.4 Å². The molecule has 0 amide bonds. The zero-order chi connectivity index (χ0) is 23.8. The number of benzene rings is 2. The van der Waals surface area contributed by atoms with Crippen LogP contribution in [0.2, 0.25) is 0 Å². The summed E-state index contributed by atoms with van der Waals surface area (Å²) in [6, 6.07) is 11.0. The number of methoxy groups -OCH3 is 2. The molecule has 1 aliphatic carbocycles. The van der Waals surface area contributed by atoms with Gasteiger partial charge in [0.25, 0.3) is 0 Å². The van der Waals surface area contributed by atoms with Crippen LogP contribution in [0.4, 0.5) is 0 Å². The fraction of sp³-hybridized carbons (Fsp3) is 0.400. The fourth-order valence-electron chi connectivity index (χ4n) is 3.70. The number of cyclic esters (lactones) is 1. The summed E-state index contributed by atoms with van der Waals surface area (Å²) in [4.78, 5) is 24.6. The first-order valence-corrected chi connectivity index (χ1v) is 10.6. The van der Waals surface area contributed by atoms with Gasteiger partial charge < -0.3 is 23.7 Å². The van der Waals surface area contributed by atoms with Gasteiger partial charge >= 0.3 is 11.9 Å². The highest BCUT2D eigenvalue weighted by Crippen LogP contribution is 2.50. The summed E-state index contributed by atoms with van der Waals surface area (Å²) < 4.78 is 27.7. The highest BCUT2D eigenvalue weighted by molar-refractivity contribution is 5.94. The van der Waals surface area contributed by atoms with Crippen LogP contribution in [0.1, 0.15) is 42.6 Å². The number of carbonyl (C=O) groups is 2. The van der Waals surface area contributed by atoms with Gasteiger partial charge in [-0.05, 0) is 56.5 Å². The first-order valence-electron chi connectivity index (χ1n) is 10.6. The molecule has 2 aromatic rings. The fourth-order valence-corrected chi connectivity index (χ4v) is 3.70. The maximum Gasteiger partial charge on any atom is 0.338 e. The molecule has 0 radical (unpaired) electrons. The van der Waals surface area contributed by atoms with E-state index in [0.29, 0.717) is 35.7 Å². The predicted octanol–water partition coefficient (Wildman–Crippen LogP) is 4.05. The molecule has 1 heterocycles. The molecule has 1 aliphatic heterocycles. The van der Waals surface area contributed by atoms with Crippen molar-refractivity contribution in [1.29, 1.82) is 5.26 Å². The van der Waals surface area contributed by atoms with E-state index >= 15 is 0 Å². The first-order chi connectivity index (χ1) is 15.7. The van der Waals surface area contributed by atoms with E-state index in [-0.39, 0.29) is 19.2 Å². The Hall–Kier alpha value is -3.73. The molecule has 1 fully saturated rings. The van der Waals surface area contributed by atoms with Gasteiger partial charge in [0.05, 0.1) is 19.8 Å². The van der Waals surface area contributed by atoms with Gasteiger partial charge in [-0.25, -0.2) is 4.79 Å². The molecule has 2 aliphatic rings. The number of hydrogen-bond acceptors (Lipinski definition) is 8. The van der Waals surface area contributed by atoms with Crippen molar-refractivity contribution in [2.45, 2.75) is 38.9 Å². The number of ether oxygens (including phenoxy) is 5. The summed E-state index contributed by atoms with van der Waals surface area (Å²) in [5, 5.41) is 9.19. The van der Waals surface area contributed by atoms with Crippen molar-refractivity contribution in [1.82, 2.24) is 0 Å². The van der Waals surface area contributed by atoms with Gasteiger partial charge in [0.2, 0.25) is 5.75 Å². The molecule has 0 saturated heterocycles. The standard InChI is InChI=1S/C25H25NO7/c1-24(2,13-26)33-23(28)25(9-10-25)14-32-20-17(7-8-19(29-3)21(20)30-4)15-5-6-18-16(11-15)12-31-22(18)27/h5-8,11H,9-10,12,14H2,1-4H3. The zero-order valence-corrected chi connectivity index (χ0v) is 19.0. The van der Waals surface area contributed by atoms with Crippen LogP contribution in [-0.2, 0) is 20.9 Å². The van der Waals surface area contributed by atoms with E-state index in [1.54, 1.807) is 26.0 Å². The summed E-state index contributed by atoms with van der Waals surface area (Å²) in [5.74, 6) is 0.499. The van der Waals surface area contributed by atoms with E-state index < -0.39 is 17.0 Å². The third-order valence-electron chi connectivity index (χ3n) is 5.89. The second-order valence-electron chi connectivity index (χ2n) is 8.71. The molecular weight excluding hydrogens is 426 g/mol. The lowest BCUT2D eigenvalue weighted by atomic mass is 9.99. The van der Waals surface area contributed by atoms with E-state index in [0.717, 1.165) is 16.7 Å². The van der Waals surface area contributed by atoms with Crippen LogP contribution in [0.3, 0.4) is 0 Å². The monoisotopic (exact) mass is 451 g/mol. The second-order valence-corrected chi connectivity index (χ2v) is 8.71. The predicted molar refractivity (Wildman–Crippen MR) is 117 cm³/mol. The topological polar surface area (TPSA) is 104 Å². The Balaban J connectivity index is 1.67. The number of nitrogens with zero attached hydrogens (tertiary/aromatic N) is 1. The van der Waals surface area contributed by atoms with Gasteiger partial charge in [0.1, 0.15) is 24.7 Å². The van der Waals surface area contributed by atoms with Crippen molar-refractivity contribution in [3.63, 3.8) is 0 Å². The van der Waals surface area contributed by atoms with E-state index in [1.807, 2.05) is 24.3 Å². The highest BCUT2D eigenvalue weighted by Gasteiger charge is 2.54. The Kier molecular flexibility index (Phi) is 5.66. The quantitative estimate of drug-likeness (QED) is 0.554. The van der Waals surface area contributed by atoms with Crippen molar-refractivity contribution in [3.8, 4) is 34.4 Å².